The number of aromatic nitrogens is 1. The van der Waals surface area contributed by atoms with Crippen LogP contribution < -0.4 is 5.73 Å². The van der Waals surface area contributed by atoms with Gasteiger partial charge in [-0.2, -0.15) is 0 Å². The molecule has 1 aromatic heterocycles. The summed E-state index contributed by atoms with van der Waals surface area (Å²) in [6.07, 6.45) is 2.06. The summed E-state index contributed by atoms with van der Waals surface area (Å²) < 4.78 is 1.23. The number of hydrogen-bond acceptors (Lipinski definition) is 3. The van der Waals surface area contributed by atoms with Crippen LogP contribution in [0.1, 0.15) is 37.3 Å². The molecule has 0 aliphatic heterocycles. The third-order valence-corrected chi connectivity index (χ3v) is 4.12. The van der Waals surface area contributed by atoms with Crippen LogP contribution in [0.4, 0.5) is 0 Å². The lowest BCUT2D eigenvalue weighted by Gasteiger charge is -2.20. The zero-order valence-electron chi connectivity index (χ0n) is 10.1. The number of hydrogen-bond donors (Lipinski definition) is 1. The zero-order valence-corrected chi connectivity index (χ0v) is 10.9. The Labute approximate surface area is 101 Å². The average Bonchev–Trinajstić information content (AvgIpc) is 2.61. The molecule has 0 amide bonds. The van der Waals surface area contributed by atoms with Crippen molar-refractivity contribution in [1.82, 2.24) is 4.98 Å². The Bertz CT molecular complexity index is 500. The number of fused-ring (bicyclic) bond motifs is 1. The second kappa shape index (κ2) is 4.15. The van der Waals surface area contributed by atoms with E-state index in [0.717, 1.165) is 23.4 Å². The summed E-state index contributed by atoms with van der Waals surface area (Å²) in [4.78, 5) is 4.66. The molecule has 86 valence electrons. The Morgan fingerprint density at radius 2 is 2.19 bits per heavy atom. The van der Waals surface area contributed by atoms with Crippen LogP contribution in [0, 0.1) is 6.92 Å². The summed E-state index contributed by atoms with van der Waals surface area (Å²) in [7, 11) is 0. The fourth-order valence-electron chi connectivity index (χ4n) is 1.91. The molecule has 1 atom stereocenters. The van der Waals surface area contributed by atoms with E-state index in [9.17, 15) is 0 Å². The Morgan fingerprint density at radius 1 is 1.44 bits per heavy atom. The van der Waals surface area contributed by atoms with Crippen molar-refractivity contribution in [3.8, 4) is 0 Å². The van der Waals surface area contributed by atoms with Crippen molar-refractivity contribution in [3.63, 3.8) is 0 Å². The van der Waals surface area contributed by atoms with Crippen LogP contribution in [-0.2, 0) is 5.54 Å². The van der Waals surface area contributed by atoms with Crippen LogP contribution in [-0.4, -0.2) is 4.98 Å². The minimum atomic E-state index is -0.285. The molecular formula is C13H18N2S. The summed E-state index contributed by atoms with van der Waals surface area (Å²) in [6, 6.07) is 6.38. The number of nitrogens with zero attached hydrogens (tertiary/aromatic N) is 1. The average molecular weight is 234 g/mol. The van der Waals surface area contributed by atoms with Crippen molar-refractivity contribution >= 4 is 21.6 Å². The van der Waals surface area contributed by atoms with Gasteiger partial charge in [0.2, 0.25) is 0 Å². The van der Waals surface area contributed by atoms with Gasteiger partial charge >= 0.3 is 0 Å². The summed E-state index contributed by atoms with van der Waals surface area (Å²) in [5.74, 6) is 0. The van der Waals surface area contributed by atoms with Crippen LogP contribution in [0.5, 0.6) is 0 Å². The maximum absolute atomic E-state index is 6.30. The van der Waals surface area contributed by atoms with E-state index < -0.39 is 0 Å². The first kappa shape index (κ1) is 11.6. The summed E-state index contributed by atoms with van der Waals surface area (Å²) in [5.41, 5.74) is 8.34. The molecule has 2 nitrogen and oxygen atoms in total. The monoisotopic (exact) mass is 234 g/mol. The molecule has 3 heteroatoms. The minimum absolute atomic E-state index is 0.285. The Balaban J connectivity index is 2.46. The van der Waals surface area contributed by atoms with Gasteiger partial charge < -0.3 is 5.73 Å². The largest absolute Gasteiger partial charge is 0.320 e. The topological polar surface area (TPSA) is 38.9 Å². The van der Waals surface area contributed by atoms with Crippen molar-refractivity contribution in [3.05, 3.63) is 28.8 Å². The van der Waals surface area contributed by atoms with Crippen LogP contribution in [0.3, 0.4) is 0 Å². The second-order valence-corrected chi connectivity index (χ2v) is 5.69. The summed E-state index contributed by atoms with van der Waals surface area (Å²) in [6.45, 7) is 6.32. The maximum atomic E-state index is 6.30. The van der Waals surface area contributed by atoms with E-state index >= 15 is 0 Å². The fourth-order valence-corrected chi connectivity index (χ4v) is 2.94. The molecule has 16 heavy (non-hydrogen) atoms. The SMILES string of the molecule is CCCC(C)(N)c1nc2cc(C)ccc2s1. The third kappa shape index (κ3) is 2.11. The number of aryl methyl sites for hydroxylation is 1. The molecule has 2 aromatic rings. The first-order chi connectivity index (χ1) is 7.53. The third-order valence-electron chi connectivity index (χ3n) is 2.80. The van der Waals surface area contributed by atoms with E-state index in [1.165, 1.54) is 10.3 Å². The van der Waals surface area contributed by atoms with Gasteiger partial charge in [0.05, 0.1) is 15.8 Å². The molecule has 0 fully saturated rings. The molecule has 1 aromatic carbocycles. The predicted octanol–water partition coefficient (Wildman–Crippen LogP) is 3.58. The number of benzene rings is 1. The van der Waals surface area contributed by atoms with Crippen molar-refractivity contribution < 1.29 is 0 Å². The molecule has 0 aliphatic rings. The van der Waals surface area contributed by atoms with E-state index in [1.807, 2.05) is 0 Å². The number of rotatable bonds is 3. The van der Waals surface area contributed by atoms with Gasteiger partial charge in [0, 0.05) is 0 Å². The van der Waals surface area contributed by atoms with Gasteiger partial charge in [-0.05, 0) is 38.0 Å². The second-order valence-electron chi connectivity index (χ2n) is 4.66. The molecule has 1 unspecified atom stereocenters. The highest BCUT2D eigenvalue weighted by molar-refractivity contribution is 7.18. The van der Waals surface area contributed by atoms with Crippen molar-refractivity contribution in [2.45, 2.75) is 39.2 Å². The van der Waals surface area contributed by atoms with Crippen LogP contribution in [0.2, 0.25) is 0 Å². The van der Waals surface area contributed by atoms with Crippen LogP contribution in [0.25, 0.3) is 10.2 Å². The maximum Gasteiger partial charge on any atom is 0.113 e. The molecule has 1 heterocycles. The lowest BCUT2D eigenvalue weighted by atomic mass is 9.99. The van der Waals surface area contributed by atoms with Crippen LogP contribution in [0.15, 0.2) is 18.2 Å². The van der Waals surface area contributed by atoms with E-state index in [-0.39, 0.29) is 5.54 Å². The molecule has 0 radical (unpaired) electrons. The molecule has 0 spiro atoms. The van der Waals surface area contributed by atoms with E-state index in [0.29, 0.717) is 0 Å². The van der Waals surface area contributed by atoms with Crippen molar-refractivity contribution in [2.24, 2.45) is 5.73 Å². The molecule has 0 bridgehead atoms. The van der Waals surface area contributed by atoms with E-state index in [2.05, 4.69) is 44.0 Å². The lowest BCUT2D eigenvalue weighted by molar-refractivity contribution is 0.445. The van der Waals surface area contributed by atoms with Gasteiger partial charge in [0.25, 0.3) is 0 Å². The van der Waals surface area contributed by atoms with E-state index in [4.69, 9.17) is 5.73 Å². The normalized spacial score (nSPS) is 15.2. The summed E-state index contributed by atoms with van der Waals surface area (Å²) in [5, 5.41) is 1.05. The first-order valence-corrected chi connectivity index (χ1v) is 6.51. The molecule has 2 rings (SSSR count). The van der Waals surface area contributed by atoms with Crippen LogP contribution >= 0.6 is 11.3 Å². The first-order valence-electron chi connectivity index (χ1n) is 5.69. The van der Waals surface area contributed by atoms with Crippen molar-refractivity contribution in [1.29, 1.82) is 0 Å². The van der Waals surface area contributed by atoms with Gasteiger partial charge in [-0.1, -0.05) is 19.4 Å². The standard InChI is InChI=1S/C13H18N2S/c1-4-7-13(3,14)12-15-10-8-9(2)5-6-11(10)16-12/h5-6,8H,4,7,14H2,1-3H3. The molecule has 0 saturated carbocycles. The lowest BCUT2D eigenvalue weighted by Crippen LogP contribution is -2.32. The number of thiazole rings is 1. The van der Waals surface area contributed by atoms with Gasteiger partial charge in [0.15, 0.2) is 0 Å². The smallest absolute Gasteiger partial charge is 0.113 e. The molecule has 0 aliphatic carbocycles. The van der Waals surface area contributed by atoms with Gasteiger partial charge in [-0.3, -0.25) is 0 Å². The van der Waals surface area contributed by atoms with Gasteiger partial charge in [-0.25, -0.2) is 4.98 Å². The zero-order chi connectivity index (χ0) is 11.8. The minimum Gasteiger partial charge on any atom is -0.320 e. The highest BCUT2D eigenvalue weighted by atomic mass is 32.1. The van der Waals surface area contributed by atoms with E-state index in [1.54, 1.807) is 11.3 Å². The highest BCUT2D eigenvalue weighted by Gasteiger charge is 2.24. The molecule has 0 saturated heterocycles. The number of nitrogens with two attached hydrogens (primary N) is 1. The predicted molar refractivity (Wildman–Crippen MR) is 70.8 cm³/mol. The van der Waals surface area contributed by atoms with Gasteiger partial charge in [0.1, 0.15) is 5.01 Å². The Kier molecular flexibility index (Phi) is 3.00. The van der Waals surface area contributed by atoms with Crippen molar-refractivity contribution in [2.75, 3.05) is 0 Å². The molecular weight excluding hydrogens is 216 g/mol. The highest BCUT2D eigenvalue weighted by Crippen LogP contribution is 2.31. The fraction of sp³-hybridized carbons (Fsp3) is 0.462. The summed E-state index contributed by atoms with van der Waals surface area (Å²) >= 11 is 1.72. The quantitative estimate of drug-likeness (QED) is 0.881. The Morgan fingerprint density at radius 3 is 2.88 bits per heavy atom. The molecule has 2 N–H and O–H groups in total. The Hall–Kier alpha value is -0.930. The van der Waals surface area contributed by atoms with Gasteiger partial charge in [-0.15, -0.1) is 11.3 Å².